The molecular formula is C18H18N2O5. The fraction of sp³-hybridized carbons (Fsp3) is 0.222. The highest BCUT2D eigenvalue weighted by molar-refractivity contribution is 6.19. The van der Waals surface area contributed by atoms with E-state index < -0.39 is 11.3 Å². The summed E-state index contributed by atoms with van der Waals surface area (Å²) >= 11 is 0. The van der Waals surface area contributed by atoms with Crippen molar-refractivity contribution in [1.29, 1.82) is 0 Å². The second-order valence-electron chi connectivity index (χ2n) is 6.21. The van der Waals surface area contributed by atoms with Gasteiger partial charge in [0, 0.05) is 0 Å². The van der Waals surface area contributed by atoms with Crippen molar-refractivity contribution in [2.24, 2.45) is 5.10 Å². The minimum absolute atomic E-state index is 0.267. The van der Waals surface area contributed by atoms with E-state index in [4.69, 9.17) is 0 Å². The van der Waals surface area contributed by atoms with Crippen molar-refractivity contribution in [1.82, 2.24) is 5.43 Å². The van der Waals surface area contributed by atoms with E-state index in [-0.39, 0.29) is 23.0 Å². The maximum Gasteiger partial charge on any atom is 0.261 e. The Balaban J connectivity index is 2.38. The summed E-state index contributed by atoms with van der Waals surface area (Å²) in [5.41, 5.74) is 3.00. The number of phenolic OH excluding ortho intramolecular Hbond substituents is 4. The average molecular weight is 342 g/mol. The van der Waals surface area contributed by atoms with Gasteiger partial charge in [-0.1, -0.05) is 12.1 Å². The molecule has 2 aromatic carbocycles. The van der Waals surface area contributed by atoms with Crippen LogP contribution < -0.4 is 5.43 Å². The maximum atomic E-state index is 12.8. The number of rotatable bonds is 2. The van der Waals surface area contributed by atoms with Crippen LogP contribution >= 0.6 is 0 Å². The minimum Gasteiger partial charge on any atom is -0.504 e. The Morgan fingerprint density at radius 1 is 0.840 bits per heavy atom. The number of hydrogen-bond donors (Lipinski definition) is 5. The van der Waals surface area contributed by atoms with Gasteiger partial charge < -0.3 is 20.4 Å². The molecule has 0 unspecified atom stereocenters. The van der Waals surface area contributed by atoms with E-state index in [1.165, 1.54) is 12.1 Å². The number of aromatic hydroxyl groups is 4. The normalized spacial score (nSPS) is 15.8. The Morgan fingerprint density at radius 2 is 1.28 bits per heavy atom. The number of nitrogens with one attached hydrogen (secondary N) is 1. The molecular weight excluding hydrogens is 324 g/mol. The lowest BCUT2D eigenvalue weighted by molar-refractivity contribution is -0.122. The van der Waals surface area contributed by atoms with Gasteiger partial charge >= 0.3 is 0 Å². The number of hydrogen-bond acceptors (Lipinski definition) is 6. The van der Waals surface area contributed by atoms with Crippen LogP contribution in [0.1, 0.15) is 29.2 Å². The second kappa shape index (κ2) is 5.41. The van der Waals surface area contributed by atoms with Crippen LogP contribution in [0.15, 0.2) is 29.4 Å². The van der Waals surface area contributed by atoms with Gasteiger partial charge in [-0.25, -0.2) is 5.43 Å². The van der Waals surface area contributed by atoms with Crippen LogP contribution in [-0.2, 0) is 10.2 Å². The van der Waals surface area contributed by atoms with Crippen molar-refractivity contribution in [3.05, 3.63) is 46.5 Å². The molecule has 0 atom stereocenters. The summed E-state index contributed by atoms with van der Waals surface area (Å²) in [6, 6.07) is 5.76. The molecule has 0 fully saturated rings. The third-order valence-corrected chi connectivity index (χ3v) is 4.64. The zero-order valence-corrected chi connectivity index (χ0v) is 14.0. The highest BCUT2D eigenvalue weighted by Gasteiger charge is 2.49. The molecule has 25 heavy (non-hydrogen) atoms. The van der Waals surface area contributed by atoms with Gasteiger partial charge in [0.15, 0.2) is 23.0 Å². The lowest BCUT2D eigenvalue weighted by atomic mass is 9.70. The SMILES string of the molecule is CC1=NNC(=O)C1(c1cc(C)c(O)c(O)c1)c1cc(C)c(O)c(O)c1. The van der Waals surface area contributed by atoms with E-state index in [1.54, 1.807) is 32.9 Å². The summed E-state index contributed by atoms with van der Waals surface area (Å²) < 4.78 is 0. The van der Waals surface area contributed by atoms with Crippen molar-refractivity contribution in [3.8, 4) is 23.0 Å². The van der Waals surface area contributed by atoms with Crippen molar-refractivity contribution < 1.29 is 25.2 Å². The van der Waals surface area contributed by atoms with Crippen LogP contribution in [0.3, 0.4) is 0 Å². The summed E-state index contributed by atoms with van der Waals surface area (Å²) in [5.74, 6) is -1.71. The number of nitrogens with zero attached hydrogens (tertiary/aromatic N) is 1. The fourth-order valence-electron chi connectivity index (χ4n) is 3.27. The lowest BCUT2D eigenvalue weighted by Gasteiger charge is -2.29. The first-order valence-corrected chi connectivity index (χ1v) is 7.61. The molecule has 5 N–H and O–H groups in total. The van der Waals surface area contributed by atoms with E-state index in [9.17, 15) is 25.2 Å². The van der Waals surface area contributed by atoms with Gasteiger partial charge in [0.05, 0.1) is 5.71 Å². The monoisotopic (exact) mass is 342 g/mol. The third kappa shape index (κ3) is 2.20. The molecule has 0 aliphatic carbocycles. The number of carbonyl (C=O) groups excluding carboxylic acids is 1. The average Bonchev–Trinajstić information content (AvgIpc) is 2.85. The summed E-state index contributed by atoms with van der Waals surface area (Å²) in [6.07, 6.45) is 0. The molecule has 130 valence electrons. The molecule has 0 saturated carbocycles. The van der Waals surface area contributed by atoms with Gasteiger partial charge in [-0.3, -0.25) is 4.79 Å². The van der Waals surface area contributed by atoms with Crippen LogP contribution in [0.2, 0.25) is 0 Å². The number of aryl methyl sites for hydroxylation is 2. The molecule has 0 saturated heterocycles. The molecule has 1 heterocycles. The van der Waals surface area contributed by atoms with Gasteiger partial charge in [-0.05, 0) is 55.2 Å². The second-order valence-corrected chi connectivity index (χ2v) is 6.21. The molecule has 0 bridgehead atoms. The van der Waals surface area contributed by atoms with Gasteiger partial charge in [-0.15, -0.1) is 0 Å². The quantitative estimate of drug-likeness (QED) is 0.534. The summed E-state index contributed by atoms with van der Waals surface area (Å²) in [4.78, 5) is 12.8. The van der Waals surface area contributed by atoms with Crippen molar-refractivity contribution in [3.63, 3.8) is 0 Å². The molecule has 0 spiro atoms. The Bertz CT molecular complexity index is 830. The Labute approximate surface area is 143 Å². The first-order valence-electron chi connectivity index (χ1n) is 7.61. The fourth-order valence-corrected chi connectivity index (χ4v) is 3.27. The number of benzene rings is 2. The molecule has 1 aliphatic heterocycles. The van der Waals surface area contributed by atoms with Crippen molar-refractivity contribution in [2.75, 3.05) is 0 Å². The van der Waals surface area contributed by atoms with Crippen LogP contribution in [0.25, 0.3) is 0 Å². The molecule has 7 heteroatoms. The maximum absolute atomic E-state index is 12.8. The first kappa shape index (κ1) is 16.6. The molecule has 0 radical (unpaired) electrons. The number of hydrazone groups is 1. The molecule has 2 aromatic rings. The predicted octanol–water partition coefficient (Wildman–Crippen LogP) is 1.92. The van der Waals surface area contributed by atoms with Gasteiger partial charge in [0.1, 0.15) is 5.41 Å². The van der Waals surface area contributed by atoms with Gasteiger partial charge in [0.25, 0.3) is 5.91 Å². The zero-order chi connectivity index (χ0) is 18.5. The zero-order valence-electron chi connectivity index (χ0n) is 14.0. The predicted molar refractivity (Wildman–Crippen MR) is 91.0 cm³/mol. The first-order chi connectivity index (χ1) is 11.7. The molecule has 1 aliphatic rings. The summed E-state index contributed by atoms with van der Waals surface area (Å²) in [7, 11) is 0. The standard InChI is InChI=1S/C18H18N2O5/c1-8-4-11(6-13(21)15(8)23)18(10(3)19-20-17(18)25)12-5-9(2)16(24)14(22)7-12/h4-7,21-24H,1-3H3,(H,20,25). The number of carbonyl (C=O) groups is 1. The van der Waals surface area contributed by atoms with E-state index in [0.29, 0.717) is 28.0 Å². The van der Waals surface area contributed by atoms with Gasteiger partial charge in [-0.2, -0.15) is 5.10 Å². The van der Waals surface area contributed by atoms with Crippen molar-refractivity contribution in [2.45, 2.75) is 26.2 Å². The van der Waals surface area contributed by atoms with E-state index in [2.05, 4.69) is 10.5 Å². The third-order valence-electron chi connectivity index (χ3n) is 4.64. The van der Waals surface area contributed by atoms with Crippen LogP contribution in [0.4, 0.5) is 0 Å². The van der Waals surface area contributed by atoms with E-state index >= 15 is 0 Å². The Hall–Kier alpha value is -3.22. The molecule has 0 aromatic heterocycles. The highest BCUT2D eigenvalue weighted by Crippen LogP contribution is 2.44. The van der Waals surface area contributed by atoms with E-state index in [1.807, 2.05) is 0 Å². The van der Waals surface area contributed by atoms with Crippen LogP contribution in [0.5, 0.6) is 23.0 Å². The number of phenols is 4. The summed E-state index contributed by atoms with van der Waals surface area (Å²) in [6.45, 7) is 4.85. The number of amides is 1. The topological polar surface area (TPSA) is 122 Å². The van der Waals surface area contributed by atoms with Crippen molar-refractivity contribution >= 4 is 11.6 Å². The van der Waals surface area contributed by atoms with E-state index in [0.717, 1.165) is 0 Å². The smallest absolute Gasteiger partial charge is 0.261 e. The molecule has 3 rings (SSSR count). The Kier molecular flexibility index (Phi) is 3.60. The largest absolute Gasteiger partial charge is 0.504 e. The molecule has 7 nitrogen and oxygen atoms in total. The highest BCUT2D eigenvalue weighted by atomic mass is 16.3. The summed E-state index contributed by atoms with van der Waals surface area (Å²) in [5, 5.41) is 43.7. The van der Waals surface area contributed by atoms with Crippen LogP contribution in [-0.4, -0.2) is 32.0 Å². The molecule has 1 amide bonds. The Morgan fingerprint density at radius 3 is 1.60 bits per heavy atom. The van der Waals surface area contributed by atoms with Gasteiger partial charge in [0.2, 0.25) is 0 Å². The lowest BCUT2D eigenvalue weighted by Crippen LogP contribution is -2.43. The minimum atomic E-state index is -1.40. The van der Waals surface area contributed by atoms with Crippen LogP contribution in [0, 0.1) is 13.8 Å².